The van der Waals surface area contributed by atoms with E-state index in [1.54, 1.807) is 6.07 Å². The highest BCUT2D eigenvalue weighted by atomic mass is 35.5. The third-order valence-electron chi connectivity index (χ3n) is 3.72. The maximum Gasteiger partial charge on any atom is 0.142 e. The number of hydrogen-bond donors (Lipinski definition) is 1. The van der Waals surface area contributed by atoms with Gasteiger partial charge in [-0.1, -0.05) is 23.2 Å². The number of ether oxygens (including phenoxy) is 2. The van der Waals surface area contributed by atoms with E-state index in [1.165, 1.54) is 0 Å². The summed E-state index contributed by atoms with van der Waals surface area (Å²) < 4.78 is 11.1. The Labute approximate surface area is 123 Å². The lowest BCUT2D eigenvalue weighted by Gasteiger charge is -2.32. The van der Waals surface area contributed by atoms with Gasteiger partial charge < -0.3 is 14.8 Å². The van der Waals surface area contributed by atoms with Crippen LogP contribution in [0.3, 0.4) is 0 Å². The van der Waals surface area contributed by atoms with Crippen molar-refractivity contribution in [2.75, 3.05) is 19.8 Å². The zero-order valence-corrected chi connectivity index (χ0v) is 12.1. The quantitative estimate of drug-likeness (QED) is 0.905. The second kappa shape index (κ2) is 5.88. The summed E-state index contributed by atoms with van der Waals surface area (Å²) in [6.07, 6.45) is 3.06. The Hall–Kier alpha value is -0.480. The smallest absolute Gasteiger partial charge is 0.142 e. The molecule has 1 fully saturated rings. The van der Waals surface area contributed by atoms with Crippen molar-refractivity contribution in [2.24, 2.45) is 0 Å². The summed E-state index contributed by atoms with van der Waals surface area (Å²) in [6.45, 7) is 2.36. The van der Waals surface area contributed by atoms with Gasteiger partial charge in [-0.15, -0.1) is 0 Å². The van der Waals surface area contributed by atoms with Crippen LogP contribution in [0, 0.1) is 0 Å². The molecule has 1 unspecified atom stereocenters. The van der Waals surface area contributed by atoms with Gasteiger partial charge in [0.05, 0.1) is 11.6 Å². The zero-order chi connectivity index (χ0) is 13.2. The van der Waals surface area contributed by atoms with Crippen molar-refractivity contribution in [3.63, 3.8) is 0 Å². The Balaban J connectivity index is 1.81. The van der Waals surface area contributed by atoms with Crippen LogP contribution >= 0.6 is 23.2 Å². The molecule has 1 N–H and O–H groups in total. The van der Waals surface area contributed by atoms with E-state index in [2.05, 4.69) is 5.32 Å². The maximum atomic E-state index is 6.20. The fraction of sp³-hybridized carbons (Fsp3) is 0.571. The standard InChI is InChI=1S/C14H17Cl2NO2/c15-9-7-11-13(17-10-1-4-18-5-2-10)3-6-19-14(11)12(16)8-9/h7-8,10,13,17H,1-6H2. The van der Waals surface area contributed by atoms with E-state index in [0.29, 0.717) is 22.7 Å². The molecule has 5 heteroatoms. The Bertz CT molecular complexity index is 461. The molecule has 1 atom stereocenters. The summed E-state index contributed by atoms with van der Waals surface area (Å²) >= 11 is 12.3. The third kappa shape index (κ3) is 3.00. The lowest BCUT2D eigenvalue weighted by atomic mass is 9.98. The molecule has 0 aliphatic carbocycles. The Morgan fingerprint density at radius 1 is 1.05 bits per heavy atom. The van der Waals surface area contributed by atoms with E-state index >= 15 is 0 Å². The lowest BCUT2D eigenvalue weighted by Crippen LogP contribution is -2.39. The average molecular weight is 302 g/mol. The largest absolute Gasteiger partial charge is 0.492 e. The molecule has 0 radical (unpaired) electrons. The van der Waals surface area contributed by atoms with Gasteiger partial charge in [0, 0.05) is 42.3 Å². The Morgan fingerprint density at radius 2 is 1.84 bits per heavy atom. The van der Waals surface area contributed by atoms with Crippen LogP contribution in [-0.4, -0.2) is 25.9 Å². The summed E-state index contributed by atoms with van der Waals surface area (Å²) in [5.74, 6) is 0.780. The first-order valence-electron chi connectivity index (χ1n) is 6.69. The minimum atomic E-state index is 0.267. The SMILES string of the molecule is Clc1cc(Cl)c2c(c1)C(NC1CCOCC1)CCO2. The van der Waals surface area contributed by atoms with Crippen LogP contribution in [0.1, 0.15) is 30.9 Å². The molecule has 0 bridgehead atoms. The summed E-state index contributed by atoms with van der Waals surface area (Å²) in [4.78, 5) is 0. The van der Waals surface area contributed by atoms with Gasteiger partial charge in [0.2, 0.25) is 0 Å². The molecule has 1 aromatic rings. The molecule has 0 saturated carbocycles. The first-order valence-corrected chi connectivity index (χ1v) is 7.45. The number of rotatable bonds is 2. The molecule has 2 aliphatic rings. The van der Waals surface area contributed by atoms with Crippen LogP contribution in [0.25, 0.3) is 0 Å². The third-order valence-corrected chi connectivity index (χ3v) is 4.22. The fourth-order valence-corrected chi connectivity index (χ4v) is 3.31. The van der Waals surface area contributed by atoms with E-state index in [9.17, 15) is 0 Å². The van der Waals surface area contributed by atoms with Gasteiger partial charge in [-0.05, 0) is 25.0 Å². The number of hydrogen-bond acceptors (Lipinski definition) is 3. The number of nitrogens with one attached hydrogen (secondary N) is 1. The van der Waals surface area contributed by atoms with Crippen LogP contribution in [0.5, 0.6) is 5.75 Å². The maximum absolute atomic E-state index is 6.20. The Morgan fingerprint density at radius 3 is 2.63 bits per heavy atom. The van der Waals surface area contributed by atoms with Gasteiger partial charge >= 0.3 is 0 Å². The highest BCUT2D eigenvalue weighted by Crippen LogP contribution is 2.40. The van der Waals surface area contributed by atoms with Gasteiger partial charge in [0.25, 0.3) is 0 Å². The van der Waals surface area contributed by atoms with Crippen molar-refractivity contribution in [2.45, 2.75) is 31.3 Å². The van der Waals surface area contributed by atoms with E-state index < -0.39 is 0 Å². The number of halogens is 2. The summed E-state index contributed by atoms with van der Waals surface area (Å²) in [6, 6.07) is 4.46. The second-order valence-corrected chi connectivity index (χ2v) is 5.89. The van der Waals surface area contributed by atoms with Crippen LogP contribution in [0.15, 0.2) is 12.1 Å². The molecule has 3 rings (SSSR count). The fourth-order valence-electron chi connectivity index (χ4n) is 2.75. The summed E-state index contributed by atoms with van der Waals surface area (Å²) in [7, 11) is 0. The van der Waals surface area contributed by atoms with Crippen molar-refractivity contribution in [3.05, 3.63) is 27.7 Å². The monoisotopic (exact) mass is 301 g/mol. The van der Waals surface area contributed by atoms with E-state index in [0.717, 1.165) is 43.8 Å². The predicted octanol–water partition coefficient (Wildman–Crippen LogP) is 3.59. The van der Waals surface area contributed by atoms with E-state index in [-0.39, 0.29) is 6.04 Å². The lowest BCUT2D eigenvalue weighted by molar-refractivity contribution is 0.0727. The average Bonchev–Trinajstić information content (AvgIpc) is 2.41. The molecule has 0 amide bonds. The number of benzene rings is 1. The second-order valence-electron chi connectivity index (χ2n) is 5.05. The molecule has 1 saturated heterocycles. The van der Waals surface area contributed by atoms with Crippen molar-refractivity contribution >= 4 is 23.2 Å². The summed E-state index contributed by atoms with van der Waals surface area (Å²) in [5.41, 5.74) is 1.08. The van der Waals surface area contributed by atoms with Crippen molar-refractivity contribution < 1.29 is 9.47 Å². The van der Waals surface area contributed by atoms with E-state index in [1.807, 2.05) is 6.07 Å². The van der Waals surface area contributed by atoms with Gasteiger partial charge in [-0.2, -0.15) is 0 Å². The Kier molecular flexibility index (Phi) is 4.18. The molecule has 2 aliphatic heterocycles. The molecule has 0 aromatic heterocycles. The highest BCUT2D eigenvalue weighted by molar-refractivity contribution is 6.35. The highest BCUT2D eigenvalue weighted by Gasteiger charge is 2.26. The minimum Gasteiger partial charge on any atom is -0.492 e. The molecule has 3 nitrogen and oxygen atoms in total. The van der Waals surface area contributed by atoms with Gasteiger partial charge in [0.1, 0.15) is 5.75 Å². The van der Waals surface area contributed by atoms with Crippen molar-refractivity contribution in [3.8, 4) is 5.75 Å². The molecular weight excluding hydrogens is 285 g/mol. The summed E-state index contributed by atoms with van der Waals surface area (Å²) in [5, 5.41) is 4.95. The van der Waals surface area contributed by atoms with Gasteiger partial charge in [0.15, 0.2) is 0 Å². The molecule has 2 heterocycles. The van der Waals surface area contributed by atoms with Crippen LogP contribution in [0.2, 0.25) is 10.0 Å². The van der Waals surface area contributed by atoms with Crippen molar-refractivity contribution in [1.82, 2.24) is 5.32 Å². The van der Waals surface area contributed by atoms with E-state index in [4.69, 9.17) is 32.7 Å². The minimum absolute atomic E-state index is 0.267. The molecule has 19 heavy (non-hydrogen) atoms. The molecule has 104 valence electrons. The first kappa shape index (κ1) is 13.5. The number of fused-ring (bicyclic) bond motifs is 1. The molecular formula is C14H17Cl2NO2. The molecule has 1 aromatic carbocycles. The molecule has 0 spiro atoms. The first-order chi connectivity index (χ1) is 9.24. The van der Waals surface area contributed by atoms with Crippen LogP contribution in [0.4, 0.5) is 0 Å². The van der Waals surface area contributed by atoms with Crippen LogP contribution in [-0.2, 0) is 4.74 Å². The topological polar surface area (TPSA) is 30.5 Å². The normalized spacial score (nSPS) is 23.8. The van der Waals surface area contributed by atoms with Gasteiger partial charge in [-0.3, -0.25) is 0 Å². The van der Waals surface area contributed by atoms with Crippen LogP contribution < -0.4 is 10.1 Å². The zero-order valence-electron chi connectivity index (χ0n) is 10.6. The predicted molar refractivity (Wildman–Crippen MR) is 76.3 cm³/mol. The van der Waals surface area contributed by atoms with Crippen molar-refractivity contribution in [1.29, 1.82) is 0 Å². The van der Waals surface area contributed by atoms with Gasteiger partial charge in [-0.25, -0.2) is 0 Å².